The van der Waals surface area contributed by atoms with Crippen molar-refractivity contribution in [3.8, 4) is 0 Å². The maximum Gasteiger partial charge on any atom is 0.134 e. The van der Waals surface area contributed by atoms with E-state index in [1.54, 1.807) is 0 Å². The van der Waals surface area contributed by atoms with E-state index in [0.717, 1.165) is 43.8 Å². The molecule has 2 fully saturated rings. The highest BCUT2D eigenvalue weighted by Crippen LogP contribution is 2.44. The van der Waals surface area contributed by atoms with E-state index in [9.17, 15) is 5.11 Å². The minimum Gasteiger partial charge on any atom is -0.459 e. The third-order valence-electron chi connectivity index (χ3n) is 6.31. The molecule has 4 rings (SSSR count). The van der Waals surface area contributed by atoms with Crippen LogP contribution in [0.15, 0.2) is 28.7 Å². The molecule has 23 heavy (non-hydrogen) atoms. The number of aliphatic hydroxyl groups is 1. The van der Waals surface area contributed by atoms with Crippen molar-refractivity contribution in [1.82, 2.24) is 4.90 Å². The second-order valence-corrected chi connectivity index (χ2v) is 7.56. The molecule has 1 aromatic heterocycles. The minimum atomic E-state index is -0.444. The standard InChI is InChI=1S/C20H27NO2/c1-3-20(22)10-6-7-15-11-21(12-17(15)20)13-19-14(2)16-8-4-5-9-18(16)23-19/h4-5,8-9,15,17,22H,3,6-7,10-13H2,1-2H3/t15-,17+,20-/m0/s1. The van der Waals surface area contributed by atoms with Crippen LogP contribution in [0.4, 0.5) is 0 Å². The van der Waals surface area contributed by atoms with E-state index in [-0.39, 0.29) is 0 Å². The molecule has 0 radical (unpaired) electrons. The van der Waals surface area contributed by atoms with Crippen LogP contribution in [0, 0.1) is 18.8 Å². The highest BCUT2D eigenvalue weighted by molar-refractivity contribution is 5.81. The minimum absolute atomic E-state index is 0.436. The lowest BCUT2D eigenvalue weighted by Crippen LogP contribution is -2.44. The van der Waals surface area contributed by atoms with Crippen molar-refractivity contribution in [1.29, 1.82) is 0 Å². The Hall–Kier alpha value is -1.32. The van der Waals surface area contributed by atoms with Crippen LogP contribution < -0.4 is 0 Å². The first kappa shape index (κ1) is 15.2. The molecule has 1 aliphatic carbocycles. The van der Waals surface area contributed by atoms with Gasteiger partial charge in [0.05, 0.1) is 12.1 Å². The zero-order valence-electron chi connectivity index (χ0n) is 14.2. The molecule has 124 valence electrons. The molecule has 2 heterocycles. The third-order valence-corrected chi connectivity index (χ3v) is 6.31. The second kappa shape index (κ2) is 5.64. The van der Waals surface area contributed by atoms with Crippen molar-refractivity contribution < 1.29 is 9.52 Å². The van der Waals surface area contributed by atoms with Crippen LogP contribution in [-0.4, -0.2) is 28.7 Å². The van der Waals surface area contributed by atoms with Gasteiger partial charge in [-0.15, -0.1) is 0 Å². The first-order chi connectivity index (χ1) is 11.1. The van der Waals surface area contributed by atoms with Gasteiger partial charge in [0.25, 0.3) is 0 Å². The van der Waals surface area contributed by atoms with Crippen LogP contribution in [0.3, 0.4) is 0 Å². The Labute approximate surface area is 138 Å². The predicted molar refractivity (Wildman–Crippen MR) is 92.3 cm³/mol. The molecular formula is C20H27NO2. The predicted octanol–water partition coefficient (Wildman–Crippen LogP) is 4.11. The van der Waals surface area contributed by atoms with E-state index in [2.05, 4.69) is 30.9 Å². The summed E-state index contributed by atoms with van der Waals surface area (Å²) in [6.45, 7) is 7.27. The molecule has 1 saturated heterocycles. The maximum atomic E-state index is 11.0. The number of hydrogen-bond acceptors (Lipinski definition) is 3. The molecule has 2 aliphatic rings. The summed E-state index contributed by atoms with van der Waals surface area (Å²) in [5, 5.41) is 12.2. The van der Waals surface area contributed by atoms with Crippen LogP contribution >= 0.6 is 0 Å². The molecule has 2 aromatic rings. The molecule has 0 amide bonds. The van der Waals surface area contributed by atoms with Crippen molar-refractivity contribution in [3.05, 3.63) is 35.6 Å². The summed E-state index contributed by atoms with van der Waals surface area (Å²) >= 11 is 0. The van der Waals surface area contributed by atoms with Gasteiger partial charge < -0.3 is 9.52 Å². The lowest BCUT2D eigenvalue weighted by atomic mass is 9.69. The summed E-state index contributed by atoms with van der Waals surface area (Å²) in [6, 6.07) is 8.28. The average molecular weight is 313 g/mol. The quantitative estimate of drug-likeness (QED) is 0.926. The maximum absolute atomic E-state index is 11.0. The van der Waals surface area contributed by atoms with Gasteiger partial charge in [-0.3, -0.25) is 4.90 Å². The van der Waals surface area contributed by atoms with Gasteiger partial charge >= 0.3 is 0 Å². The van der Waals surface area contributed by atoms with E-state index < -0.39 is 5.60 Å². The first-order valence-corrected chi connectivity index (χ1v) is 9.02. The van der Waals surface area contributed by atoms with Gasteiger partial charge in [-0.25, -0.2) is 0 Å². The fraction of sp³-hybridized carbons (Fsp3) is 0.600. The number of rotatable bonds is 3. The topological polar surface area (TPSA) is 36.6 Å². The molecule has 3 atom stereocenters. The monoisotopic (exact) mass is 313 g/mol. The lowest BCUT2D eigenvalue weighted by molar-refractivity contribution is -0.0613. The Bertz CT molecular complexity index is 707. The van der Waals surface area contributed by atoms with Gasteiger partial charge in [-0.2, -0.15) is 0 Å². The number of para-hydroxylation sites is 1. The molecule has 3 heteroatoms. The van der Waals surface area contributed by atoms with E-state index in [0.29, 0.717) is 11.8 Å². The molecule has 1 aliphatic heterocycles. The Morgan fingerprint density at radius 1 is 1.30 bits per heavy atom. The molecule has 1 N–H and O–H groups in total. The summed E-state index contributed by atoms with van der Waals surface area (Å²) < 4.78 is 6.09. The van der Waals surface area contributed by atoms with Gasteiger partial charge in [0.15, 0.2) is 0 Å². The summed E-state index contributed by atoms with van der Waals surface area (Å²) in [6.07, 6.45) is 4.29. The van der Waals surface area contributed by atoms with Gasteiger partial charge in [-0.1, -0.05) is 31.5 Å². The Morgan fingerprint density at radius 3 is 2.91 bits per heavy atom. The largest absolute Gasteiger partial charge is 0.459 e. The third kappa shape index (κ3) is 2.50. The van der Waals surface area contributed by atoms with E-state index in [1.807, 2.05) is 12.1 Å². The SMILES string of the molecule is CC[C@]1(O)CCC[C@H]2CN(Cc3oc4ccccc4c3C)C[C@H]21. The molecule has 0 unspecified atom stereocenters. The van der Waals surface area contributed by atoms with Crippen molar-refractivity contribution in [2.75, 3.05) is 13.1 Å². The molecular weight excluding hydrogens is 286 g/mol. The fourth-order valence-corrected chi connectivity index (χ4v) is 4.86. The molecule has 0 bridgehead atoms. The second-order valence-electron chi connectivity index (χ2n) is 7.56. The van der Waals surface area contributed by atoms with Crippen molar-refractivity contribution in [2.24, 2.45) is 11.8 Å². The smallest absolute Gasteiger partial charge is 0.134 e. The number of furan rings is 1. The van der Waals surface area contributed by atoms with Gasteiger partial charge in [0, 0.05) is 24.4 Å². The average Bonchev–Trinajstić information content (AvgIpc) is 3.11. The summed E-state index contributed by atoms with van der Waals surface area (Å²) in [4.78, 5) is 2.49. The summed E-state index contributed by atoms with van der Waals surface area (Å²) in [5.74, 6) is 2.18. The van der Waals surface area contributed by atoms with E-state index in [4.69, 9.17) is 4.42 Å². The van der Waals surface area contributed by atoms with Crippen LogP contribution in [0.2, 0.25) is 0 Å². The van der Waals surface area contributed by atoms with Crippen molar-refractivity contribution in [2.45, 2.75) is 51.7 Å². The Morgan fingerprint density at radius 2 is 2.13 bits per heavy atom. The normalized spacial score (nSPS) is 31.6. The molecule has 0 spiro atoms. The number of likely N-dealkylation sites (tertiary alicyclic amines) is 1. The lowest BCUT2D eigenvalue weighted by Gasteiger charge is -2.40. The first-order valence-electron chi connectivity index (χ1n) is 9.02. The van der Waals surface area contributed by atoms with Gasteiger partial charge in [0.2, 0.25) is 0 Å². The van der Waals surface area contributed by atoms with Crippen LogP contribution in [0.5, 0.6) is 0 Å². The van der Waals surface area contributed by atoms with Crippen LogP contribution in [0.25, 0.3) is 11.0 Å². The molecule has 1 saturated carbocycles. The van der Waals surface area contributed by atoms with Crippen molar-refractivity contribution in [3.63, 3.8) is 0 Å². The highest BCUT2D eigenvalue weighted by Gasteiger charge is 2.47. The number of aryl methyl sites for hydroxylation is 1. The Kier molecular flexibility index (Phi) is 3.73. The number of hydrogen-bond donors (Lipinski definition) is 1. The molecule has 3 nitrogen and oxygen atoms in total. The summed E-state index contributed by atoms with van der Waals surface area (Å²) in [5.41, 5.74) is 1.81. The highest BCUT2D eigenvalue weighted by atomic mass is 16.3. The number of nitrogens with zero attached hydrogens (tertiary/aromatic N) is 1. The zero-order valence-corrected chi connectivity index (χ0v) is 14.2. The zero-order chi connectivity index (χ0) is 16.0. The fourth-order valence-electron chi connectivity index (χ4n) is 4.86. The number of benzene rings is 1. The van der Waals surface area contributed by atoms with Gasteiger partial charge in [0.1, 0.15) is 11.3 Å². The van der Waals surface area contributed by atoms with E-state index >= 15 is 0 Å². The van der Waals surface area contributed by atoms with Crippen molar-refractivity contribution >= 4 is 11.0 Å². The molecule has 1 aromatic carbocycles. The van der Waals surface area contributed by atoms with Gasteiger partial charge in [-0.05, 0) is 43.7 Å². The summed E-state index contributed by atoms with van der Waals surface area (Å²) in [7, 11) is 0. The van der Waals surface area contributed by atoms with Crippen LogP contribution in [0.1, 0.15) is 43.9 Å². The van der Waals surface area contributed by atoms with Crippen LogP contribution in [-0.2, 0) is 6.54 Å². The Balaban J connectivity index is 1.55. The van der Waals surface area contributed by atoms with E-state index in [1.165, 1.54) is 23.8 Å². The number of fused-ring (bicyclic) bond motifs is 2.